The fourth-order valence-corrected chi connectivity index (χ4v) is 4.93. The van der Waals surface area contributed by atoms with Crippen LogP contribution in [0.25, 0.3) is 16.0 Å². The lowest BCUT2D eigenvalue weighted by Crippen LogP contribution is -2.06. The first kappa shape index (κ1) is 23.4. The number of hydrogen-bond acceptors (Lipinski definition) is 3. The molecule has 0 aliphatic heterocycles. The van der Waals surface area contributed by atoms with E-state index in [1.807, 2.05) is 24.3 Å². The predicted octanol–water partition coefficient (Wildman–Crippen LogP) is 7.67. The molecular weight excluding hydrogens is 446 g/mol. The van der Waals surface area contributed by atoms with Crippen molar-refractivity contribution in [3.8, 4) is 22.6 Å². The first-order valence-electron chi connectivity index (χ1n) is 12.2. The van der Waals surface area contributed by atoms with Crippen LogP contribution in [0.15, 0.2) is 78.9 Å². The standard InChI is InChI=1S/C32H27NO3/c1-22-25(12-7-14-27(22)24-10-4-3-5-11-24)21-36-31-18-32(30(19-34)28-15-8-16-29(28)31)35-20-23-9-6-13-26(17-23)33-2/h3-7,9-14,17-19H,8,15-16,20-21H2,1H3. The van der Waals surface area contributed by atoms with Crippen LogP contribution in [-0.4, -0.2) is 6.29 Å². The Hall–Kier alpha value is -4.36. The quantitative estimate of drug-likeness (QED) is 0.195. The van der Waals surface area contributed by atoms with Crippen LogP contribution >= 0.6 is 0 Å². The van der Waals surface area contributed by atoms with E-state index in [0.717, 1.165) is 53.6 Å². The summed E-state index contributed by atoms with van der Waals surface area (Å²) in [6, 6.07) is 25.9. The van der Waals surface area contributed by atoms with Gasteiger partial charge in [0.15, 0.2) is 12.0 Å². The maximum atomic E-state index is 12.0. The van der Waals surface area contributed by atoms with Crippen LogP contribution in [0.3, 0.4) is 0 Å². The second kappa shape index (κ2) is 10.5. The minimum Gasteiger partial charge on any atom is -0.488 e. The Morgan fingerprint density at radius 2 is 1.64 bits per heavy atom. The van der Waals surface area contributed by atoms with Crippen LogP contribution in [0.4, 0.5) is 5.69 Å². The predicted molar refractivity (Wildman–Crippen MR) is 142 cm³/mol. The van der Waals surface area contributed by atoms with E-state index in [9.17, 15) is 4.79 Å². The van der Waals surface area contributed by atoms with Crippen molar-refractivity contribution in [1.29, 1.82) is 0 Å². The fourth-order valence-electron chi connectivity index (χ4n) is 4.93. The second-order valence-corrected chi connectivity index (χ2v) is 9.03. The highest BCUT2D eigenvalue weighted by atomic mass is 16.5. The van der Waals surface area contributed by atoms with Gasteiger partial charge in [-0.3, -0.25) is 4.79 Å². The van der Waals surface area contributed by atoms with Gasteiger partial charge in [-0.1, -0.05) is 66.7 Å². The highest BCUT2D eigenvalue weighted by Crippen LogP contribution is 2.39. The van der Waals surface area contributed by atoms with Crippen LogP contribution in [-0.2, 0) is 26.1 Å². The SMILES string of the molecule is [C-]#[N+]c1cccc(COc2cc(OCc3cccc(-c4ccccc4)c3C)c3c(c2C=O)CCC3)c1. The Balaban J connectivity index is 1.42. The Labute approximate surface area is 212 Å². The number of aldehydes is 1. The van der Waals surface area contributed by atoms with E-state index < -0.39 is 0 Å². The van der Waals surface area contributed by atoms with Crippen LogP contribution in [0.2, 0.25) is 0 Å². The van der Waals surface area contributed by atoms with Crippen molar-refractivity contribution in [1.82, 2.24) is 0 Å². The Morgan fingerprint density at radius 1 is 0.861 bits per heavy atom. The van der Waals surface area contributed by atoms with E-state index >= 15 is 0 Å². The smallest absolute Gasteiger partial charge is 0.187 e. The van der Waals surface area contributed by atoms with E-state index in [1.54, 1.807) is 12.1 Å². The normalized spacial score (nSPS) is 12.0. The summed E-state index contributed by atoms with van der Waals surface area (Å²) in [5.41, 5.74) is 8.91. The van der Waals surface area contributed by atoms with Gasteiger partial charge in [0.05, 0.1) is 12.1 Å². The van der Waals surface area contributed by atoms with E-state index in [0.29, 0.717) is 23.6 Å². The summed E-state index contributed by atoms with van der Waals surface area (Å²) in [6.45, 7) is 10.1. The van der Waals surface area contributed by atoms with Crippen molar-refractivity contribution in [2.24, 2.45) is 0 Å². The molecule has 0 spiro atoms. The number of rotatable bonds is 8. The molecule has 0 N–H and O–H groups in total. The number of carbonyl (C=O) groups excluding carboxylic acids is 1. The van der Waals surface area contributed by atoms with Crippen LogP contribution in [0, 0.1) is 13.5 Å². The van der Waals surface area contributed by atoms with E-state index in [2.05, 4.69) is 54.2 Å². The van der Waals surface area contributed by atoms with Crippen LogP contribution < -0.4 is 9.47 Å². The van der Waals surface area contributed by atoms with Crippen molar-refractivity contribution in [2.75, 3.05) is 0 Å². The Morgan fingerprint density at radius 3 is 2.44 bits per heavy atom. The molecule has 4 nitrogen and oxygen atoms in total. The van der Waals surface area contributed by atoms with Gasteiger partial charge in [0.1, 0.15) is 24.7 Å². The number of carbonyl (C=O) groups is 1. The van der Waals surface area contributed by atoms with Crippen molar-refractivity contribution in [3.05, 3.63) is 124 Å². The topological polar surface area (TPSA) is 39.9 Å². The molecule has 0 saturated carbocycles. The summed E-state index contributed by atoms with van der Waals surface area (Å²) in [4.78, 5) is 15.5. The average Bonchev–Trinajstić information content (AvgIpc) is 3.42. The summed E-state index contributed by atoms with van der Waals surface area (Å²) >= 11 is 0. The van der Waals surface area contributed by atoms with Gasteiger partial charge < -0.3 is 9.47 Å². The first-order valence-corrected chi connectivity index (χ1v) is 12.2. The van der Waals surface area contributed by atoms with E-state index in [4.69, 9.17) is 16.0 Å². The zero-order valence-corrected chi connectivity index (χ0v) is 20.3. The van der Waals surface area contributed by atoms with Crippen molar-refractivity contribution in [2.45, 2.75) is 39.4 Å². The Bertz CT molecular complexity index is 1450. The van der Waals surface area contributed by atoms with Gasteiger partial charge >= 0.3 is 0 Å². The molecule has 0 heterocycles. The van der Waals surface area contributed by atoms with Gasteiger partial charge in [0.25, 0.3) is 0 Å². The number of benzene rings is 4. The molecule has 0 amide bonds. The molecule has 4 aromatic carbocycles. The Kier molecular flexibility index (Phi) is 6.82. The molecule has 1 aliphatic rings. The minimum absolute atomic E-state index is 0.278. The third-order valence-electron chi connectivity index (χ3n) is 6.83. The van der Waals surface area contributed by atoms with Gasteiger partial charge in [0, 0.05) is 6.07 Å². The molecule has 0 bridgehead atoms. The molecule has 5 rings (SSSR count). The zero-order valence-electron chi connectivity index (χ0n) is 20.3. The number of hydrogen-bond donors (Lipinski definition) is 0. The van der Waals surface area contributed by atoms with Crippen LogP contribution in [0.1, 0.15) is 44.6 Å². The number of nitrogens with zero attached hydrogens (tertiary/aromatic N) is 1. The first-order chi connectivity index (χ1) is 17.7. The van der Waals surface area contributed by atoms with Gasteiger partial charge in [-0.15, -0.1) is 0 Å². The van der Waals surface area contributed by atoms with E-state index in [-0.39, 0.29) is 6.61 Å². The number of ether oxygens (including phenoxy) is 2. The minimum atomic E-state index is 0.278. The summed E-state index contributed by atoms with van der Waals surface area (Å²) in [5.74, 6) is 1.31. The summed E-state index contributed by atoms with van der Waals surface area (Å²) in [7, 11) is 0. The van der Waals surface area contributed by atoms with Crippen LogP contribution in [0.5, 0.6) is 11.5 Å². The highest BCUT2D eigenvalue weighted by Gasteiger charge is 2.24. The van der Waals surface area contributed by atoms with Gasteiger partial charge in [-0.2, -0.15) is 0 Å². The lowest BCUT2D eigenvalue weighted by Gasteiger charge is -2.18. The lowest BCUT2D eigenvalue weighted by atomic mass is 9.97. The molecule has 0 saturated heterocycles. The molecule has 0 atom stereocenters. The molecule has 178 valence electrons. The fraction of sp³-hybridized carbons (Fsp3) is 0.188. The molecule has 4 aromatic rings. The molecule has 0 unspecified atom stereocenters. The largest absolute Gasteiger partial charge is 0.488 e. The van der Waals surface area contributed by atoms with Crippen molar-refractivity contribution >= 4 is 12.0 Å². The van der Waals surface area contributed by atoms with E-state index in [1.165, 1.54) is 16.7 Å². The molecular formula is C32H27NO3. The summed E-state index contributed by atoms with van der Waals surface area (Å²) in [5, 5.41) is 0. The third-order valence-corrected chi connectivity index (χ3v) is 6.83. The van der Waals surface area contributed by atoms with Gasteiger partial charge in [0.2, 0.25) is 0 Å². The molecule has 0 radical (unpaired) electrons. The second-order valence-electron chi connectivity index (χ2n) is 9.03. The third kappa shape index (κ3) is 4.74. The highest BCUT2D eigenvalue weighted by molar-refractivity contribution is 5.84. The van der Waals surface area contributed by atoms with Gasteiger partial charge in [-0.25, -0.2) is 4.85 Å². The monoisotopic (exact) mass is 473 g/mol. The van der Waals surface area contributed by atoms with Crippen molar-refractivity contribution in [3.63, 3.8) is 0 Å². The molecule has 4 heteroatoms. The van der Waals surface area contributed by atoms with Crippen molar-refractivity contribution < 1.29 is 14.3 Å². The average molecular weight is 474 g/mol. The molecule has 36 heavy (non-hydrogen) atoms. The maximum Gasteiger partial charge on any atom is 0.187 e. The van der Waals surface area contributed by atoms with Gasteiger partial charge in [-0.05, 0) is 71.2 Å². The lowest BCUT2D eigenvalue weighted by molar-refractivity contribution is 0.111. The molecule has 1 aliphatic carbocycles. The molecule has 0 fully saturated rings. The zero-order chi connectivity index (χ0) is 24.9. The summed E-state index contributed by atoms with van der Waals surface area (Å²) < 4.78 is 12.5. The molecule has 0 aromatic heterocycles. The summed E-state index contributed by atoms with van der Waals surface area (Å²) in [6.07, 6.45) is 3.62. The maximum absolute atomic E-state index is 12.0. The number of fused-ring (bicyclic) bond motifs is 1.